The number of hydrogen-bond donors (Lipinski definition) is 1. The molecule has 2 heterocycles. The summed E-state index contributed by atoms with van der Waals surface area (Å²) in [6, 6.07) is 12.1. The number of benzene rings is 1. The van der Waals surface area contributed by atoms with Gasteiger partial charge in [0.25, 0.3) is 0 Å². The highest BCUT2D eigenvalue weighted by Crippen LogP contribution is 2.15. The summed E-state index contributed by atoms with van der Waals surface area (Å²) in [6.07, 6.45) is 3.60. The molecule has 0 atom stereocenters. The molecule has 1 fully saturated rings. The van der Waals surface area contributed by atoms with Gasteiger partial charge in [-0.25, -0.2) is 0 Å². The summed E-state index contributed by atoms with van der Waals surface area (Å²) in [5, 5.41) is 3.01. The average Bonchev–Trinajstić information content (AvgIpc) is 2.65. The van der Waals surface area contributed by atoms with Gasteiger partial charge in [0.2, 0.25) is 5.91 Å². The van der Waals surface area contributed by atoms with Crippen LogP contribution in [0.2, 0.25) is 0 Å². The molecule has 1 aliphatic rings. The van der Waals surface area contributed by atoms with Crippen LogP contribution in [0.1, 0.15) is 11.1 Å². The number of carbonyl (C=O) groups is 1. The van der Waals surface area contributed by atoms with E-state index in [0.717, 1.165) is 49.7 Å². The molecule has 1 aromatic heterocycles. The lowest BCUT2D eigenvalue weighted by molar-refractivity contribution is -0.113. The SMILES string of the molecule is CN1CCN(Cc2cccc(NC(=O)CSCc3cccnc3)c2)CC1. The van der Waals surface area contributed by atoms with Gasteiger partial charge in [-0.3, -0.25) is 14.7 Å². The number of anilines is 1. The van der Waals surface area contributed by atoms with E-state index in [1.807, 2.05) is 30.5 Å². The van der Waals surface area contributed by atoms with Crippen LogP contribution in [0.5, 0.6) is 0 Å². The third kappa shape index (κ3) is 6.12. The van der Waals surface area contributed by atoms with E-state index in [4.69, 9.17) is 0 Å². The van der Waals surface area contributed by atoms with Crippen molar-refractivity contribution >= 4 is 23.4 Å². The smallest absolute Gasteiger partial charge is 0.234 e. The minimum atomic E-state index is 0.0376. The molecular weight excluding hydrogens is 344 g/mol. The summed E-state index contributed by atoms with van der Waals surface area (Å²) in [4.78, 5) is 21.1. The molecule has 0 radical (unpaired) electrons. The van der Waals surface area contributed by atoms with E-state index < -0.39 is 0 Å². The zero-order valence-corrected chi connectivity index (χ0v) is 16.0. The molecule has 0 spiro atoms. The maximum Gasteiger partial charge on any atom is 0.234 e. The number of hydrogen-bond acceptors (Lipinski definition) is 5. The number of nitrogens with one attached hydrogen (secondary N) is 1. The van der Waals surface area contributed by atoms with Gasteiger partial charge in [0.15, 0.2) is 0 Å². The monoisotopic (exact) mass is 370 g/mol. The second kappa shape index (κ2) is 9.71. The van der Waals surface area contributed by atoms with Crippen LogP contribution in [-0.2, 0) is 17.1 Å². The molecule has 1 amide bonds. The van der Waals surface area contributed by atoms with E-state index in [2.05, 4.69) is 39.3 Å². The third-order valence-electron chi connectivity index (χ3n) is 4.44. The van der Waals surface area contributed by atoms with Gasteiger partial charge in [0.1, 0.15) is 0 Å². The fraction of sp³-hybridized carbons (Fsp3) is 0.400. The van der Waals surface area contributed by atoms with Gasteiger partial charge in [0, 0.05) is 56.6 Å². The zero-order chi connectivity index (χ0) is 18.2. The minimum absolute atomic E-state index is 0.0376. The Balaban J connectivity index is 1.44. The van der Waals surface area contributed by atoms with Crippen LogP contribution in [0.15, 0.2) is 48.8 Å². The second-order valence-electron chi connectivity index (χ2n) is 6.68. The van der Waals surface area contributed by atoms with Crippen LogP contribution in [0.25, 0.3) is 0 Å². The molecule has 0 bridgehead atoms. The number of thioether (sulfide) groups is 1. The number of aromatic nitrogens is 1. The van der Waals surface area contributed by atoms with Crippen LogP contribution in [0.3, 0.4) is 0 Å². The lowest BCUT2D eigenvalue weighted by Crippen LogP contribution is -2.43. The zero-order valence-electron chi connectivity index (χ0n) is 15.2. The van der Waals surface area contributed by atoms with Crippen molar-refractivity contribution in [2.24, 2.45) is 0 Å². The molecule has 5 nitrogen and oxygen atoms in total. The van der Waals surface area contributed by atoms with Crippen molar-refractivity contribution in [2.75, 3.05) is 44.3 Å². The Hall–Kier alpha value is -1.89. The predicted molar refractivity (Wildman–Crippen MR) is 108 cm³/mol. The lowest BCUT2D eigenvalue weighted by atomic mass is 10.1. The molecule has 0 saturated carbocycles. The predicted octanol–water partition coefficient (Wildman–Crippen LogP) is 2.70. The maximum absolute atomic E-state index is 12.2. The number of amides is 1. The molecule has 2 aromatic rings. The molecule has 1 aliphatic heterocycles. The summed E-state index contributed by atoms with van der Waals surface area (Å²) in [5.41, 5.74) is 3.26. The van der Waals surface area contributed by atoms with Crippen LogP contribution in [0.4, 0.5) is 5.69 Å². The highest BCUT2D eigenvalue weighted by molar-refractivity contribution is 7.99. The van der Waals surface area contributed by atoms with E-state index in [9.17, 15) is 4.79 Å². The number of carbonyl (C=O) groups excluding carboxylic acids is 1. The number of nitrogens with zero attached hydrogens (tertiary/aromatic N) is 3. The average molecular weight is 371 g/mol. The Morgan fingerprint density at radius 1 is 1.15 bits per heavy atom. The van der Waals surface area contributed by atoms with E-state index in [-0.39, 0.29) is 5.91 Å². The fourth-order valence-electron chi connectivity index (χ4n) is 2.95. The quantitative estimate of drug-likeness (QED) is 0.812. The highest BCUT2D eigenvalue weighted by Gasteiger charge is 2.14. The van der Waals surface area contributed by atoms with Gasteiger partial charge in [0.05, 0.1) is 5.75 Å². The molecule has 0 aliphatic carbocycles. The Kier molecular flexibility index (Phi) is 7.05. The van der Waals surface area contributed by atoms with Gasteiger partial charge < -0.3 is 10.2 Å². The maximum atomic E-state index is 12.2. The first-order valence-corrected chi connectivity index (χ1v) is 10.1. The molecule has 1 N–H and O–H groups in total. The summed E-state index contributed by atoms with van der Waals surface area (Å²) in [5.74, 6) is 1.28. The number of likely N-dealkylation sites (N-methyl/N-ethyl adjacent to an activating group) is 1. The first-order valence-electron chi connectivity index (χ1n) is 8.95. The van der Waals surface area contributed by atoms with Crippen molar-refractivity contribution in [3.05, 3.63) is 59.9 Å². The molecule has 138 valence electrons. The van der Waals surface area contributed by atoms with E-state index in [1.54, 1.807) is 18.0 Å². The second-order valence-corrected chi connectivity index (χ2v) is 7.67. The molecule has 6 heteroatoms. The standard InChI is InChI=1S/C20H26N4OS/c1-23-8-10-24(11-9-23)14-17-4-2-6-19(12-17)22-20(25)16-26-15-18-5-3-7-21-13-18/h2-7,12-13H,8-11,14-16H2,1H3,(H,22,25). The number of rotatable bonds is 7. The highest BCUT2D eigenvalue weighted by atomic mass is 32.2. The van der Waals surface area contributed by atoms with Gasteiger partial charge in [-0.05, 0) is 36.4 Å². The summed E-state index contributed by atoms with van der Waals surface area (Å²) in [7, 11) is 2.17. The van der Waals surface area contributed by atoms with E-state index in [0.29, 0.717) is 5.75 Å². The van der Waals surface area contributed by atoms with Crippen LogP contribution >= 0.6 is 11.8 Å². The van der Waals surface area contributed by atoms with Crippen molar-refractivity contribution in [1.29, 1.82) is 0 Å². The molecular formula is C20H26N4OS. The van der Waals surface area contributed by atoms with E-state index >= 15 is 0 Å². The first kappa shape index (κ1) is 18.9. The Morgan fingerprint density at radius 2 is 1.96 bits per heavy atom. The van der Waals surface area contributed by atoms with Crippen LogP contribution in [0, 0.1) is 0 Å². The Morgan fingerprint density at radius 3 is 2.73 bits per heavy atom. The number of pyridine rings is 1. The third-order valence-corrected chi connectivity index (χ3v) is 5.44. The fourth-order valence-corrected chi connectivity index (χ4v) is 3.72. The van der Waals surface area contributed by atoms with Crippen molar-refractivity contribution in [3.8, 4) is 0 Å². The first-order chi connectivity index (χ1) is 12.7. The summed E-state index contributed by atoms with van der Waals surface area (Å²) < 4.78 is 0. The van der Waals surface area contributed by atoms with Crippen LogP contribution < -0.4 is 5.32 Å². The lowest BCUT2D eigenvalue weighted by Gasteiger charge is -2.32. The van der Waals surface area contributed by atoms with E-state index in [1.165, 1.54) is 5.56 Å². The van der Waals surface area contributed by atoms with Crippen molar-refractivity contribution in [2.45, 2.75) is 12.3 Å². The van der Waals surface area contributed by atoms with Gasteiger partial charge in [-0.15, -0.1) is 11.8 Å². The minimum Gasteiger partial charge on any atom is -0.325 e. The molecule has 1 saturated heterocycles. The van der Waals surface area contributed by atoms with Gasteiger partial charge >= 0.3 is 0 Å². The Labute approximate surface area is 159 Å². The largest absolute Gasteiger partial charge is 0.325 e. The summed E-state index contributed by atoms with van der Waals surface area (Å²) in [6.45, 7) is 5.36. The van der Waals surface area contributed by atoms with Crippen LogP contribution in [-0.4, -0.2) is 59.7 Å². The van der Waals surface area contributed by atoms with Gasteiger partial charge in [-0.1, -0.05) is 18.2 Å². The summed E-state index contributed by atoms with van der Waals surface area (Å²) >= 11 is 1.60. The molecule has 3 rings (SSSR count). The topological polar surface area (TPSA) is 48.5 Å². The molecule has 1 aromatic carbocycles. The number of piperazine rings is 1. The molecule has 0 unspecified atom stereocenters. The normalized spacial score (nSPS) is 15.7. The van der Waals surface area contributed by atoms with Crippen molar-refractivity contribution in [1.82, 2.24) is 14.8 Å². The van der Waals surface area contributed by atoms with Crippen molar-refractivity contribution in [3.63, 3.8) is 0 Å². The molecule has 26 heavy (non-hydrogen) atoms. The Bertz CT molecular complexity index is 702. The van der Waals surface area contributed by atoms with Gasteiger partial charge in [-0.2, -0.15) is 0 Å². The van der Waals surface area contributed by atoms with Crippen molar-refractivity contribution < 1.29 is 4.79 Å².